The number of hydrogen-bond acceptors (Lipinski definition) is 3. The van der Waals surface area contributed by atoms with Crippen LogP contribution >= 0.6 is 11.3 Å². The Morgan fingerprint density at radius 3 is 2.57 bits per heavy atom. The van der Waals surface area contributed by atoms with Crippen molar-refractivity contribution in [1.29, 1.82) is 0 Å². The zero-order valence-electron chi connectivity index (χ0n) is 11.7. The summed E-state index contributed by atoms with van der Waals surface area (Å²) in [6.07, 6.45) is 0. The molecule has 0 atom stereocenters. The molecule has 3 rings (SSSR count). The summed E-state index contributed by atoms with van der Waals surface area (Å²) in [5, 5.41) is 5.48. The fraction of sp³-hybridized carbons (Fsp3) is 0.176. The minimum atomic E-state index is -0.237. The van der Waals surface area contributed by atoms with E-state index in [0.29, 0.717) is 6.54 Å². The van der Waals surface area contributed by atoms with Crippen molar-refractivity contribution in [2.75, 3.05) is 0 Å². The molecule has 4 heteroatoms. The predicted molar refractivity (Wildman–Crippen MR) is 83.7 cm³/mol. The van der Waals surface area contributed by atoms with Crippen molar-refractivity contribution >= 4 is 11.3 Å². The smallest absolute Gasteiger partial charge is 0.134 e. The van der Waals surface area contributed by atoms with Gasteiger partial charge in [0.25, 0.3) is 0 Å². The summed E-state index contributed by atoms with van der Waals surface area (Å²) < 4.78 is 18.7. The van der Waals surface area contributed by atoms with Crippen LogP contribution in [0.25, 0.3) is 11.3 Å². The topological polar surface area (TPSA) is 25.2 Å². The first-order chi connectivity index (χ1) is 10.2. The minimum Gasteiger partial charge on any atom is -0.460 e. The second-order valence-electron chi connectivity index (χ2n) is 4.90. The van der Waals surface area contributed by atoms with Crippen molar-refractivity contribution in [2.45, 2.75) is 20.0 Å². The van der Waals surface area contributed by atoms with Crippen molar-refractivity contribution < 1.29 is 8.81 Å². The summed E-state index contributed by atoms with van der Waals surface area (Å²) in [7, 11) is 0. The lowest BCUT2D eigenvalue weighted by molar-refractivity contribution is 0.494. The predicted octanol–water partition coefficient (Wildman–Crippen LogP) is 4.75. The lowest BCUT2D eigenvalue weighted by atomic mass is 10.2. The Hall–Kier alpha value is -1.91. The summed E-state index contributed by atoms with van der Waals surface area (Å²) >= 11 is 1.76. The SMILES string of the molecule is Cc1ccsc1CNCc1ccc(-c2ccc(F)cc2)o1. The molecule has 21 heavy (non-hydrogen) atoms. The van der Waals surface area contributed by atoms with Gasteiger partial charge in [-0.1, -0.05) is 0 Å². The second-order valence-corrected chi connectivity index (χ2v) is 5.90. The van der Waals surface area contributed by atoms with E-state index in [4.69, 9.17) is 4.42 Å². The van der Waals surface area contributed by atoms with Crippen LogP contribution in [0.5, 0.6) is 0 Å². The molecule has 2 heterocycles. The van der Waals surface area contributed by atoms with Crippen molar-refractivity contribution in [3.63, 3.8) is 0 Å². The van der Waals surface area contributed by atoms with Gasteiger partial charge in [-0.2, -0.15) is 0 Å². The number of furan rings is 1. The van der Waals surface area contributed by atoms with Gasteiger partial charge in [-0.25, -0.2) is 4.39 Å². The Morgan fingerprint density at radius 1 is 1.05 bits per heavy atom. The molecule has 1 N–H and O–H groups in total. The highest BCUT2D eigenvalue weighted by Crippen LogP contribution is 2.22. The first-order valence-corrected chi connectivity index (χ1v) is 7.68. The molecule has 2 aromatic heterocycles. The van der Waals surface area contributed by atoms with Crippen molar-refractivity contribution in [1.82, 2.24) is 5.32 Å². The summed E-state index contributed by atoms with van der Waals surface area (Å²) in [4.78, 5) is 1.35. The van der Waals surface area contributed by atoms with E-state index >= 15 is 0 Å². The summed E-state index contributed by atoms with van der Waals surface area (Å²) in [6, 6.07) is 12.3. The molecule has 0 aliphatic rings. The van der Waals surface area contributed by atoms with Gasteiger partial charge in [-0.15, -0.1) is 11.3 Å². The molecular weight excluding hydrogens is 285 g/mol. The molecule has 2 nitrogen and oxygen atoms in total. The highest BCUT2D eigenvalue weighted by molar-refractivity contribution is 7.10. The van der Waals surface area contributed by atoms with Gasteiger partial charge in [0, 0.05) is 17.0 Å². The van der Waals surface area contributed by atoms with Crippen molar-refractivity contribution in [3.8, 4) is 11.3 Å². The van der Waals surface area contributed by atoms with Crippen LogP contribution in [0.3, 0.4) is 0 Å². The molecule has 0 bridgehead atoms. The molecule has 108 valence electrons. The Morgan fingerprint density at radius 2 is 1.86 bits per heavy atom. The van der Waals surface area contributed by atoms with Crippen LogP contribution in [0.2, 0.25) is 0 Å². The first kappa shape index (κ1) is 14.0. The number of hydrogen-bond donors (Lipinski definition) is 1. The van der Waals surface area contributed by atoms with Crippen molar-refractivity contribution in [3.05, 3.63) is 69.9 Å². The molecule has 0 aliphatic carbocycles. The van der Waals surface area contributed by atoms with E-state index in [2.05, 4.69) is 23.7 Å². The Balaban J connectivity index is 1.60. The third-order valence-corrected chi connectivity index (χ3v) is 4.37. The van der Waals surface area contributed by atoms with E-state index in [1.807, 2.05) is 12.1 Å². The van der Waals surface area contributed by atoms with Crippen molar-refractivity contribution in [2.24, 2.45) is 0 Å². The average molecular weight is 301 g/mol. The number of thiophene rings is 1. The lowest BCUT2D eigenvalue weighted by Gasteiger charge is -2.02. The molecule has 0 amide bonds. The second kappa shape index (κ2) is 6.24. The van der Waals surface area contributed by atoms with E-state index in [1.165, 1.54) is 22.6 Å². The monoisotopic (exact) mass is 301 g/mol. The quantitative estimate of drug-likeness (QED) is 0.736. The van der Waals surface area contributed by atoms with E-state index in [0.717, 1.165) is 23.6 Å². The van der Waals surface area contributed by atoms with Crippen LogP contribution in [0.15, 0.2) is 52.3 Å². The number of rotatable bonds is 5. The van der Waals surface area contributed by atoms with Gasteiger partial charge in [-0.05, 0) is 60.3 Å². The maximum Gasteiger partial charge on any atom is 0.134 e. The van der Waals surface area contributed by atoms with E-state index in [1.54, 1.807) is 23.5 Å². The highest BCUT2D eigenvalue weighted by Gasteiger charge is 2.05. The van der Waals surface area contributed by atoms with Gasteiger partial charge in [0.1, 0.15) is 17.3 Å². The molecule has 0 saturated carbocycles. The van der Waals surface area contributed by atoms with Crippen LogP contribution in [-0.2, 0) is 13.1 Å². The molecule has 0 saturated heterocycles. The van der Waals surface area contributed by atoms with Gasteiger partial charge >= 0.3 is 0 Å². The number of aryl methyl sites for hydroxylation is 1. The van der Waals surface area contributed by atoms with E-state index < -0.39 is 0 Å². The Labute approximate surface area is 127 Å². The van der Waals surface area contributed by atoms with Gasteiger partial charge < -0.3 is 9.73 Å². The molecule has 0 unspecified atom stereocenters. The number of nitrogens with one attached hydrogen (secondary N) is 1. The maximum atomic E-state index is 12.9. The third-order valence-electron chi connectivity index (χ3n) is 3.34. The van der Waals surface area contributed by atoms with Crippen LogP contribution in [0, 0.1) is 12.7 Å². The molecule has 3 aromatic rings. The van der Waals surface area contributed by atoms with Gasteiger partial charge in [0.05, 0.1) is 6.54 Å². The van der Waals surface area contributed by atoms with Crippen LogP contribution in [0.4, 0.5) is 4.39 Å². The molecule has 0 spiro atoms. The lowest BCUT2D eigenvalue weighted by Crippen LogP contribution is -2.11. The number of benzene rings is 1. The maximum absolute atomic E-state index is 12.9. The zero-order valence-corrected chi connectivity index (χ0v) is 12.5. The fourth-order valence-electron chi connectivity index (χ4n) is 2.13. The first-order valence-electron chi connectivity index (χ1n) is 6.81. The summed E-state index contributed by atoms with van der Waals surface area (Å²) in [5.41, 5.74) is 2.20. The normalized spacial score (nSPS) is 11.0. The highest BCUT2D eigenvalue weighted by atomic mass is 32.1. The fourth-order valence-corrected chi connectivity index (χ4v) is 3.00. The third kappa shape index (κ3) is 3.40. The van der Waals surface area contributed by atoms with Crippen LogP contribution in [0.1, 0.15) is 16.2 Å². The van der Waals surface area contributed by atoms with Gasteiger partial charge in [0.2, 0.25) is 0 Å². The van der Waals surface area contributed by atoms with Crippen LogP contribution in [-0.4, -0.2) is 0 Å². The largest absolute Gasteiger partial charge is 0.460 e. The summed E-state index contributed by atoms with van der Waals surface area (Å²) in [6.45, 7) is 3.64. The molecule has 0 aliphatic heterocycles. The standard InChI is InChI=1S/C17H16FNOS/c1-12-8-9-21-17(12)11-19-10-15-6-7-16(20-15)13-2-4-14(18)5-3-13/h2-9,19H,10-11H2,1H3. The van der Waals surface area contributed by atoms with E-state index in [9.17, 15) is 4.39 Å². The average Bonchev–Trinajstić information content (AvgIpc) is 3.10. The summed E-state index contributed by atoms with van der Waals surface area (Å²) in [5.74, 6) is 1.40. The molecule has 0 radical (unpaired) electrons. The molecular formula is C17H16FNOS. The minimum absolute atomic E-state index is 0.237. The Bertz CT molecular complexity index is 714. The zero-order chi connectivity index (χ0) is 14.7. The number of halogens is 1. The van der Waals surface area contributed by atoms with Gasteiger partial charge in [-0.3, -0.25) is 0 Å². The molecule has 1 aromatic carbocycles. The molecule has 0 fully saturated rings. The van der Waals surface area contributed by atoms with Gasteiger partial charge in [0.15, 0.2) is 0 Å². The Kier molecular flexibility index (Phi) is 4.18. The van der Waals surface area contributed by atoms with Crippen LogP contribution < -0.4 is 5.32 Å². The van der Waals surface area contributed by atoms with E-state index in [-0.39, 0.29) is 5.82 Å².